The van der Waals surface area contributed by atoms with Crippen LogP contribution in [0.1, 0.15) is 18.4 Å². The minimum Gasteiger partial charge on any atom is -0.434 e. The van der Waals surface area contributed by atoms with Gasteiger partial charge in [0.15, 0.2) is 0 Å². The first-order valence-electron chi connectivity index (χ1n) is 8.92. The molecule has 4 nitrogen and oxygen atoms in total. The molecule has 1 aliphatic carbocycles. The topological polar surface area (TPSA) is 51.2 Å². The van der Waals surface area contributed by atoms with Gasteiger partial charge in [-0.25, -0.2) is 4.98 Å². The highest BCUT2D eigenvalue weighted by molar-refractivity contribution is 7.13. The number of thiazole rings is 1. The van der Waals surface area contributed by atoms with Crippen molar-refractivity contribution in [1.29, 1.82) is 0 Å². The van der Waals surface area contributed by atoms with Gasteiger partial charge in [0.1, 0.15) is 10.8 Å². The summed E-state index contributed by atoms with van der Waals surface area (Å²) in [6.45, 7) is -1.01. The average Bonchev–Trinajstić information content (AvgIpc) is 3.40. The summed E-state index contributed by atoms with van der Waals surface area (Å²) in [4.78, 5) is 16.6. The molecule has 7 heteroatoms. The van der Waals surface area contributed by atoms with E-state index in [1.54, 1.807) is 12.1 Å². The Morgan fingerprint density at radius 1 is 1.25 bits per heavy atom. The first-order valence-corrected chi connectivity index (χ1v) is 9.80. The molecule has 0 bridgehead atoms. The lowest BCUT2D eigenvalue weighted by molar-refractivity contribution is -0.117. The molecule has 28 heavy (non-hydrogen) atoms. The van der Waals surface area contributed by atoms with Crippen molar-refractivity contribution in [2.75, 3.05) is 5.32 Å². The second-order valence-corrected chi connectivity index (χ2v) is 7.62. The van der Waals surface area contributed by atoms with E-state index in [0.717, 1.165) is 34.7 Å². The zero-order valence-electron chi connectivity index (χ0n) is 15.1. The summed E-state index contributed by atoms with van der Waals surface area (Å²) < 4.78 is 30.1. The number of aryl methyl sites for hydroxylation is 1. The number of carbonyl (C=O) groups excluding carboxylic acids is 1. The predicted octanol–water partition coefficient (Wildman–Crippen LogP) is 5.74. The highest BCUT2D eigenvalue weighted by Crippen LogP contribution is 2.36. The van der Waals surface area contributed by atoms with Gasteiger partial charge in [-0.15, -0.1) is 11.3 Å². The monoisotopic (exact) mass is 400 g/mol. The van der Waals surface area contributed by atoms with Crippen molar-refractivity contribution < 1.29 is 18.3 Å². The number of nitrogens with one attached hydrogen (secondary N) is 1. The van der Waals surface area contributed by atoms with Crippen LogP contribution in [0.4, 0.5) is 14.5 Å². The smallest absolute Gasteiger partial charge is 0.387 e. The van der Waals surface area contributed by atoms with E-state index in [0.29, 0.717) is 11.3 Å². The van der Waals surface area contributed by atoms with Crippen LogP contribution in [-0.2, 0) is 4.79 Å². The van der Waals surface area contributed by atoms with Gasteiger partial charge in [0, 0.05) is 28.1 Å². The summed E-state index contributed by atoms with van der Waals surface area (Å²) in [5.74, 6) is 0.276. The molecule has 0 aliphatic heterocycles. The molecular weight excluding hydrogens is 382 g/mol. The second-order valence-electron chi connectivity index (χ2n) is 6.76. The lowest BCUT2D eigenvalue weighted by Crippen LogP contribution is -2.13. The number of ether oxygens (including phenoxy) is 1. The molecule has 0 atom stereocenters. The van der Waals surface area contributed by atoms with E-state index >= 15 is 0 Å². The molecule has 1 saturated carbocycles. The molecule has 144 valence electrons. The Hall–Kier alpha value is -2.80. The number of aromatic nitrogens is 1. The van der Waals surface area contributed by atoms with Crippen LogP contribution in [0.5, 0.6) is 5.75 Å². The van der Waals surface area contributed by atoms with E-state index in [4.69, 9.17) is 0 Å². The zero-order valence-corrected chi connectivity index (χ0v) is 15.9. The molecule has 1 aliphatic rings. The number of carbonyl (C=O) groups is 1. The van der Waals surface area contributed by atoms with E-state index in [2.05, 4.69) is 15.0 Å². The molecule has 1 heterocycles. The highest BCUT2D eigenvalue weighted by Gasteiger charge is 2.29. The third kappa shape index (κ3) is 4.20. The van der Waals surface area contributed by atoms with Crippen molar-refractivity contribution in [3.05, 3.63) is 53.4 Å². The standard InChI is InChI=1S/C21H18F2N2O2S/c1-12-5-8-18(27-21(22)23)16(9-12)17-11-28-20(25-17)14-3-2-4-15(10-14)24-19(26)13-6-7-13/h2-5,8-11,13,21H,6-7H2,1H3,(H,24,26). The van der Waals surface area contributed by atoms with Crippen molar-refractivity contribution in [2.24, 2.45) is 5.92 Å². The van der Waals surface area contributed by atoms with E-state index in [9.17, 15) is 13.6 Å². The summed E-state index contributed by atoms with van der Waals surface area (Å²) in [5, 5.41) is 5.48. The van der Waals surface area contributed by atoms with Gasteiger partial charge in [-0.3, -0.25) is 4.79 Å². The molecule has 4 rings (SSSR count). The Morgan fingerprint density at radius 3 is 2.82 bits per heavy atom. The largest absolute Gasteiger partial charge is 0.434 e. The van der Waals surface area contributed by atoms with E-state index in [1.807, 2.05) is 36.6 Å². The van der Waals surface area contributed by atoms with E-state index in [-0.39, 0.29) is 17.6 Å². The first-order chi connectivity index (χ1) is 13.5. The molecule has 1 aromatic heterocycles. The number of hydrogen-bond acceptors (Lipinski definition) is 4. The number of rotatable bonds is 6. The van der Waals surface area contributed by atoms with Crippen molar-refractivity contribution in [3.63, 3.8) is 0 Å². The Labute approximate surface area is 165 Å². The van der Waals surface area contributed by atoms with Crippen molar-refractivity contribution in [3.8, 4) is 27.6 Å². The van der Waals surface area contributed by atoms with Crippen LogP contribution < -0.4 is 10.1 Å². The first kappa shape index (κ1) is 18.6. The molecule has 2 aromatic carbocycles. The van der Waals surface area contributed by atoms with Crippen LogP contribution >= 0.6 is 11.3 Å². The summed E-state index contributed by atoms with van der Waals surface area (Å²) in [6.07, 6.45) is 1.89. The highest BCUT2D eigenvalue weighted by atomic mass is 32.1. The molecule has 1 N–H and O–H groups in total. The number of nitrogens with zero attached hydrogens (tertiary/aromatic N) is 1. The van der Waals surface area contributed by atoms with E-state index < -0.39 is 6.61 Å². The van der Waals surface area contributed by atoms with Crippen molar-refractivity contribution in [2.45, 2.75) is 26.4 Å². The normalized spacial score (nSPS) is 13.6. The molecular formula is C21H18F2N2O2S. The van der Waals surface area contributed by atoms with Crippen LogP contribution in [-0.4, -0.2) is 17.5 Å². The lowest BCUT2D eigenvalue weighted by atomic mass is 10.1. The Bertz CT molecular complexity index is 1020. The molecule has 0 spiro atoms. The number of halogens is 2. The molecule has 0 unspecified atom stereocenters. The van der Waals surface area contributed by atoms with Gasteiger partial charge in [-0.05, 0) is 44.0 Å². The maximum Gasteiger partial charge on any atom is 0.387 e. The second kappa shape index (κ2) is 7.67. The molecule has 0 radical (unpaired) electrons. The quantitative estimate of drug-likeness (QED) is 0.574. The van der Waals surface area contributed by atoms with Gasteiger partial charge in [0.05, 0.1) is 5.69 Å². The number of alkyl halides is 2. The third-order valence-corrected chi connectivity index (χ3v) is 5.35. The third-order valence-electron chi connectivity index (χ3n) is 4.46. The summed E-state index contributed by atoms with van der Waals surface area (Å²) in [6, 6.07) is 12.5. The number of benzene rings is 2. The minimum absolute atomic E-state index is 0.0468. The predicted molar refractivity (Wildman–Crippen MR) is 106 cm³/mol. The van der Waals surface area contributed by atoms with Crippen LogP contribution in [0.2, 0.25) is 0 Å². The summed E-state index contributed by atoms with van der Waals surface area (Å²) >= 11 is 1.41. The Kier molecular flexibility index (Phi) is 5.09. The van der Waals surface area contributed by atoms with Gasteiger partial charge >= 0.3 is 6.61 Å². The van der Waals surface area contributed by atoms with Gasteiger partial charge in [0.25, 0.3) is 0 Å². The van der Waals surface area contributed by atoms with Gasteiger partial charge in [0.2, 0.25) is 5.91 Å². The maximum atomic E-state index is 12.7. The van der Waals surface area contributed by atoms with Gasteiger partial charge in [-0.2, -0.15) is 8.78 Å². The van der Waals surface area contributed by atoms with E-state index in [1.165, 1.54) is 17.4 Å². The Balaban J connectivity index is 1.61. The molecule has 3 aromatic rings. The minimum atomic E-state index is -2.90. The van der Waals surface area contributed by atoms with Crippen molar-refractivity contribution in [1.82, 2.24) is 4.98 Å². The fraction of sp³-hybridized carbons (Fsp3) is 0.238. The van der Waals surface area contributed by atoms with Crippen LogP contribution in [0.25, 0.3) is 21.8 Å². The fourth-order valence-electron chi connectivity index (χ4n) is 2.89. The van der Waals surface area contributed by atoms with Crippen LogP contribution in [0, 0.1) is 12.8 Å². The number of amides is 1. The SMILES string of the molecule is Cc1ccc(OC(F)F)c(-c2csc(-c3cccc(NC(=O)C4CC4)c3)n2)c1. The van der Waals surface area contributed by atoms with Gasteiger partial charge < -0.3 is 10.1 Å². The molecule has 1 amide bonds. The van der Waals surface area contributed by atoms with Crippen molar-refractivity contribution >= 4 is 22.9 Å². The average molecular weight is 400 g/mol. The lowest BCUT2D eigenvalue weighted by Gasteiger charge is -2.10. The summed E-state index contributed by atoms with van der Waals surface area (Å²) in [7, 11) is 0. The van der Waals surface area contributed by atoms with Crippen LogP contribution in [0.3, 0.4) is 0 Å². The number of anilines is 1. The fourth-order valence-corrected chi connectivity index (χ4v) is 3.71. The zero-order chi connectivity index (χ0) is 19.7. The molecule has 1 fully saturated rings. The summed E-state index contributed by atoms with van der Waals surface area (Å²) in [5.41, 5.74) is 3.61. The Morgan fingerprint density at radius 2 is 2.07 bits per heavy atom. The maximum absolute atomic E-state index is 12.7. The van der Waals surface area contributed by atoms with Crippen LogP contribution in [0.15, 0.2) is 47.8 Å². The molecule has 0 saturated heterocycles. The van der Waals surface area contributed by atoms with Gasteiger partial charge in [-0.1, -0.05) is 23.8 Å². The number of hydrogen-bond donors (Lipinski definition) is 1.